The maximum Gasteiger partial charge on any atom is 0.221 e. The SMILES string of the molecule is CC1(CNC(=O)CC2(N)CCCCC2)CCCO1. The van der Waals surface area contributed by atoms with E-state index in [-0.39, 0.29) is 17.0 Å². The van der Waals surface area contributed by atoms with Crippen molar-refractivity contribution >= 4 is 5.91 Å². The molecule has 2 rings (SSSR count). The normalized spacial score (nSPS) is 31.2. The number of rotatable bonds is 4. The second-order valence-corrected chi connectivity index (χ2v) is 6.28. The van der Waals surface area contributed by atoms with Gasteiger partial charge in [-0.05, 0) is 32.6 Å². The predicted molar refractivity (Wildman–Crippen MR) is 71.2 cm³/mol. The molecule has 1 saturated carbocycles. The molecule has 1 aliphatic heterocycles. The van der Waals surface area contributed by atoms with Crippen LogP contribution in [0, 0.1) is 0 Å². The highest BCUT2D eigenvalue weighted by atomic mass is 16.5. The Hall–Kier alpha value is -0.610. The Morgan fingerprint density at radius 1 is 1.22 bits per heavy atom. The van der Waals surface area contributed by atoms with E-state index >= 15 is 0 Å². The Kier molecular flexibility index (Phi) is 4.28. The lowest BCUT2D eigenvalue weighted by Crippen LogP contribution is -2.48. The molecule has 3 N–H and O–H groups in total. The summed E-state index contributed by atoms with van der Waals surface area (Å²) in [5, 5.41) is 2.99. The summed E-state index contributed by atoms with van der Waals surface area (Å²) in [6, 6.07) is 0. The maximum atomic E-state index is 12.0. The molecular formula is C14H26N2O2. The van der Waals surface area contributed by atoms with Gasteiger partial charge in [-0.1, -0.05) is 19.3 Å². The first kappa shape index (κ1) is 13.8. The molecule has 1 aliphatic carbocycles. The molecule has 1 atom stereocenters. The van der Waals surface area contributed by atoms with Gasteiger partial charge in [0, 0.05) is 25.1 Å². The van der Waals surface area contributed by atoms with Crippen molar-refractivity contribution in [3.8, 4) is 0 Å². The van der Waals surface area contributed by atoms with Crippen LogP contribution in [-0.4, -0.2) is 30.2 Å². The van der Waals surface area contributed by atoms with Crippen LogP contribution in [0.2, 0.25) is 0 Å². The van der Waals surface area contributed by atoms with Crippen molar-refractivity contribution in [2.75, 3.05) is 13.2 Å². The van der Waals surface area contributed by atoms with Gasteiger partial charge in [0.05, 0.1) is 5.60 Å². The smallest absolute Gasteiger partial charge is 0.221 e. The van der Waals surface area contributed by atoms with Crippen molar-refractivity contribution in [2.24, 2.45) is 5.73 Å². The summed E-state index contributed by atoms with van der Waals surface area (Å²) in [6.45, 7) is 3.49. The van der Waals surface area contributed by atoms with Gasteiger partial charge in [-0.3, -0.25) is 4.79 Å². The summed E-state index contributed by atoms with van der Waals surface area (Å²) < 4.78 is 5.66. The van der Waals surface area contributed by atoms with E-state index < -0.39 is 0 Å². The van der Waals surface area contributed by atoms with E-state index in [0.717, 1.165) is 45.1 Å². The van der Waals surface area contributed by atoms with Crippen LogP contribution < -0.4 is 11.1 Å². The van der Waals surface area contributed by atoms with E-state index in [2.05, 4.69) is 12.2 Å². The topological polar surface area (TPSA) is 64.4 Å². The van der Waals surface area contributed by atoms with Gasteiger partial charge < -0.3 is 15.8 Å². The summed E-state index contributed by atoms with van der Waals surface area (Å²) in [6.07, 6.45) is 8.11. The van der Waals surface area contributed by atoms with Crippen molar-refractivity contribution in [2.45, 2.75) is 69.4 Å². The molecule has 18 heavy (non-hydrogen) atoms. The van der Waals surface area contributed by atoms with E-state index in [0.29, 0.717) is 13.0 Å². The van der Waals surface area contributed by atoms with E-state index in [1.165, 1.54) is 6.42 Å². The second-order valence-electron chi connectivity index (χ2n) is 6.28. The minimum atomic E-state index is -0.264. The molecule has 0 bridgehead atoms. The molecule has 1 unspecified atom stereocenters. The fourth-order valence-corrected chi connectivity index (χ4v) is 3.08. The lowest BCUT2D eigenvalue weighted by atomic mass is 9.80. The molecule has 1 amide bonds. The fraction of sp³-hybridized carbons (Fsp3) is 0.929. The molecule has 0 aromatic carbocycles. The largest absolute Gasteiger partial charge is 0.373 e. The first-order valence-corrected chi connectivity index (χ1v) is 7.21. The molecule has 0 spiro atoms. The average Bonchev–Trinajstić information content (AvgIpc) is 2.75. The summed E-state index contributed by atoms with van der Waals surface area (Å²) in [4.78, 5) is 12.0. The first-order valence-electron chi connectivity index (χ1n) is 7.21. The summed E-state index contributed by atoms with van der Waals surface area (Å²) >= 11 is 0. The number of carbonyl (C=O) groups is 1. The molecule has 1 heterocycles. The van der Waals surface area contributed by atoms with Gasteiger partial charge in [0.25, 0.3) is 0 Å². The van der Waals surface area contributed by atoms with Crippen molar-refractivity contribution in [3.63, 3.8) is 0 Å². The third kappa shape index (κ3) is 3.69. The lowest BCUT2D eigenvalue weighted by Gasteiger charge is -2.33. The number of hydrogen-bond donors (Lipinski definition) is 2. The number of nitrogens with one attached hydrogen (secondary N) is 1. The highest BCUT2D eigenvalue weighted by Gasteiger charge is 2.33. The van der Waals surface area contributed by atoms with Crippen LogP contribution in [0.3, 0.4) is 0 Å². The fourth-order valence-electron chi connectivity index (χ4n) is 3.08. The van der Waals surface area contributed by atoms with Crippen LogP contribution in [0.5, 0.6) is 0 Å². The monoisotopic (exact) mass is 254 g/mol. The van der Waals surface area contributed by atoms with Gasteiger partial charge >= 0.3 is 0 Å². The third-order valence-electron chi connectivity index (χ3n) is 4.32. The number of carbonyl (C=O) groups excluding carboxylic acids is 1. The zero-order valence-electron chi connectivity index (χ0n) is 11.5. The maximum absolute atomic E-state index is 12.0. The van der Waals surface area contributed by atoms with Gasteiger partial charge in [-0.25, -0.2) is 0 Å². The van der Waals surface area contributed by atoms with Crippen LogP contribution in [0.15, 0.2) is 0 Å². The number of hydrogen-bond acceptors (Lipinski definition) is 3. The van der Waals surface area contributed by atoms with Gasteiger partial charge in [-0.2, -0.15) is 0 Å². The highest BCUT2D eigenvalue weighted by molar-refractivity contribution is 5.77. The molecular weight excluding hydrogens is 228 g/mol. The second kappa shape index (κ2) is 5.57. The zero-order chi connectivity index (χ0) is 13.1. The van der Waals surface area contributed by atoms with E-state index in [4.69, 9.17) is 10.5 Å². The van der Waals surface area contributed by atoms with E-state index in [1.807, 2.05) is 0 Å². The summed E-state index contributed by atoms with van der Waals surface area (Å²) in [7, 11) is 0. The van der Waals surface area contributed by atoms with Crippen LogP contribution >= 0.6 is 0 Å². The highest BCUT2D eigenvalue weighted by Crippen LogP contribution is 2.29. The number of ether oxygens (including phenoxy) is 1. The van der Waals surface area contributed by atoms with Gasteiger partial charge in [0.15, 0.2) is 0 Å². The molecule has 104 valence electrons. The van der Waals surface area contributed by atoms with Crippen LogP contribution in [0.25, 0.3) is 0 Å². The molecule has 0 aromatic heterocycles. The lowest BCUT2D eigenvalue weighted by molar-refractivity contribution is -0.123. The Bertz CT molecular complexity index is 292. The molecule has 1 saturated heterocycles. The Morgan fingerprint density at radius 3 is 2.56 bits per heavy atom. The van der Waals surface area contributed by atoms with Crippen LogP contribution in [0.1, 0.15) is 58.3 Å². The average molecular weight is 254 g/mol. The Morgan fingerprint density at radius 2 is 1.94 bits per heavy atom. The standard InChI is InChI=1S/C14H26N2O2/c1-13(6-5-9-18-13)11-16-12(17)10-14(15)7-3-2-4-8-14/h2-11,15H2,1H3,(H,16,17). The Labute approximate surface area is 110 Å². The third-order valence-corrected chi connectivity index (χ3v) is 4.32. The minimum Gasteiger partial charge on any atom is -0.373 e. The minimum absolute atomic E-state index is 0.0797. The zero-order valence-corrected chi connectivity index (χ0v) is 11.5. The number of amides is 1. The van der Waals surface area contributed by atoms with Gasteiger partial charge in [0.1, 0.15) is 0 Å². The van der Waals surface area contributed by atoms with Gasteiger partial charge in [0.2, 0.25) is 5.91 Å². The quantitative estimate of drug-likeness (QED) is 0.803. The Balaban J connectivity index is 1.74. The van der Waals surface area contributed by atoms with Crippen molar-refractivity contribution < 1.29 is 9.53 Å². The summed E-state index contributed by atoms with van der Waals surface area (Å²) in [5.41, 5.74) is 5.86. The molecule has 2 fully saturated rings. The molecule has 4 nitrogen and oxygen atoms in total. The van der Waals surface area contributed by atoms with Crippen molar-refractivity contribution in [1.82, 2.24) is 5.32 Å². The van der Waals surface area contributed by atoms with Crippen molar-refractivity contribution in [1.29, 1.82) is 0 Å². The molecule has 0 radical (unpaired) electrons. The van der Waals surface area contributed by atoms with E-state index in [1.54, 1.807) is 0 Å². The molecule has 0 aromatic rings. The van der Waals surface area contributed by atoms with Crippen LogP contribution in [-0.2, 0) is 9.53 Å². The van der Waals surface area contributed by atoms with Gasteiger partial charge in [-0.15, -0.1) is 0 Å². The molecule has 2 aliphatic rings. The van der Waals surface area contributed by atoms with Crippen LogP contribution in [0.4, 0.5) is 0 Å². The predicted octanol–water partition coefficient (Wildman–Crippen LogP) is 1.72. The summed E-state index contributed by atoms with van der Waals surface area (Å²) in [5.74, 6) is 0.0797. The molecule has 4 heteroatoms. The number of nitrogens with two attached hydrogens (primary N) is 1. The van der Waals surface area contributed by atoms with Crippen molar-refractivity contribution in [3.05, 3.63) is 0 Å². The first-order chi connectivity index (χ1) is 8.52. The van der Waals surface area contributed by atoms with E-state index in [9.17, 15) is 4.79 Å².